The summed E-state index contributed by atoms with van der Waals surface area (Å²) >= 11 is 0. The molecule has 0 saturated carbocycles. The van der Waals surface area contributed by atoms with Gasteiger partial charge >= 0.3 is 0 Å². The number of amides is 2. The fraction of sp³-hybridized carbons (Fsp3) is 0.556. The summed E-state index contributed by atoms with van der Waals surface area (Å²) in [5.74, 6) is 0.358. The Labute approximate surface area is 142 Å². The molecule has 0 aromatic heterocycles. The molecule has 6 nitrogen and oxygen atoms in total. The number of nitrogens with two attached hydrogens (primary N) is 1. The third-order valence-corrected chi connectivity index (χ3v) is 4.79. The van der Waals surface area contributed by atoms with Crippen molar-refractivity contribution in [3.63, 3.8) is 0 Å². The van der Waals surface area contributed by atoms with Crippen molar-refractivity contribution >= 4 is 17.5 Å². The molecule has 1 aromatic carbocycles. The second-order valence-electron chi connectivity index (χ2n) is 6.68. The number of nitrogens with zero attached hydrogens (tertiary/aromatic N) is 2. The smallest absolute Gasteiger partial charge is 0.242 e. The Kier molecular flexibility index (Phi) is 4.92. The van der Waals surface area contributed by atoms with Crippen molar-refractivity contribution in [2.45, 2.75) is 26.2 Å². The van der Waals surface area contributed by atoms with Crippen LogP contribution in [0.25, 0.3) is 0 Å². The van der Waals surface area contributed by atoms with Gasteiger partial charge < -0.3 is 20.3 Å². The average Bonchev–Trinajstić information content (AvgIpc) is 2.77. The van der Waals surface area contributed by atoms with Crippen LogP contribution in [-0.4, -0.2) is 49.5 Å². The highest BCUT2D eigenvalue weighted by molar-refractivity contribution is 5.84. The lowest BCUT2D eigenvalue weighted by molar-refractivity contribution is -0.133. The van der Waals surface area contributed by atoms with E-state index in [2.05, 4.69) is 11.0 Å². The number of hydrogen-bond donors (Lipinski definition) is 1. The highest BCUT2D eigenvalue weighted by atomic mass is 16.5. The summed E-state index contributed by atoms with van der Waals surface area (Å²) in [6, 6.07) is 6.06. The first-order valence-electron chi connectivity index (χ1n) is 8.60. The maximum Gasteiger partial charge on any atom is 0.242 e. The quantitative estimate of drug-likeness (QED) is 0.906. The molecular weight excluding hydrogens is 306 g/mol. The Morgan fingerprint density at radius 3 is 2.92 bits per heavy atom. The molecule has 2 N–H and O–H groups in total. The summed E-state index contributed by atoms with van der Waals surface area (Å²) in [6.07, 6.45) is 2.49. The number of primary amides is 1. The summed E-state index contributed by atoms with van der Waals surface area (Å²) in [5, 5.41) is 0. The second-order valence-corrected chi connectivity index (χ2v) is 6.68. The van der Waals surface area contributed by atoms with Crippen LogP contribution in [0.4, 0.5) is 5.69 Å². The third-order valence-electron chi connectivity index (χ3n) is 4.79. The minimum absolute atomic E-state index is 0.0512. The molecule has 0 aliphatic carbocycles. The Morgan fingerprint density at radius 2 is 2.12 bits per heavy atom. The van der Waals surface area contributed by atoms with Crippen molar-refractivity contribution in [1.29, 1.82) is 0 Å². The van der Waals surface area contributed by atoms with E-state index in [9.17, 15) is 9.59 Å². The van der Waals surface area contributed by atoms with Gasteiger partial charge in [-0.1, -0.05) is 6.07 Å². The minimum atomic E-state index is -0.309. The summed E-state index contributed by atoms with van der Waals surface area (Å²) in [5.41, 5.74) is 7.53. The van der Waals surface area contributed by atoms with Gasteiger partial charge in [-0.05, 0) is 43.9 Å². The standard InChI is InChI=1S/C18H25N3O3/c1-13-5-6-16-15(10-13)20(8-3-9-24-16)12-17(22)21-7-2-4-14(11-21)18(19)23/h5-6,10,14H,2-4,7-9,11-12H2,1H3,(H2,19,23). The van der Waals surface area contributed by atoms with Crippen LogP contribution in [0.5, 0.6) is 5.75 Å². The van der Waals surface area contributed by atoms with Crippen molar-refractivity contribution in [3.8, 4) is 5.75 Å². The molecular formula is C18H25N3O3. The first kappa shape index (κ1) is 16.6. The van der Waals surface area contributed by atoms with Gasteiger partial charge in [-0.15, -0.1) is 0 Å². The van der Waals surface area contributed by atoms with Gasteiger partial charge in [-0.3, -0.25) is 9.59 Å². The first-order valence-corrected chi connectivity index (χ1v) is 8.60. The predicted molar refractivity (Wildman–Crippen MR) is 92.0 cm³/mol. The number of piperidine rings is 1. The minimum Gasteiger partial charge on any atom is -0.491 e. The van der Waals surface area contributed by atoms with Crippen LogP contribution in [0.1, 0.15) is 24.8 Å². The fourth-order valence-corrected chi connectivity index (χ4v) is 3.42. The zero-order chi connectivity index (χ0) is 17.1. The van der Waals surface area contributed by atoms with Gasteiger partial charge in [-0.25, -0.2) is 0 Å². The zero-order valence-corrected chi connectivity index (χ0v) is 14.2. The zero-order valence-electron chi connectivity index (χ0n) is 14.2. The highest BCUT2D eigenvalue weighted by Gasteiger charge is 2.28. The molecule has 130 valence electrons. The van der Waals surface area contributed by atoms with E-state index in [-0.39, 0.29) is 17.7 Å². The lowest BCUT2D eigenvalue weighted by atomic mass is 9.97. The number of carbonyl (C=O) groups is 2. The molecule has 2 aliphatic heterocycles. The van der Waals surface area contributed by atoms with Crippen LogP contribution in [-0.2, 0) is 9.59 Å². The van der Waals surface area contributed by atoms with E-state index < -0.39 is 0 Å². The van der Waals surface area contributed by atoms with Gasteiger partial charge in [0.15, 0.2) is 0 Å². The number of aryl methyl sites for hydroxylation is 1. The number of hydrogen-bond acceptors (Lipinski definition) is 4. The Morgan fingerprint density at radius 1 is 1.29 bits per heavy atom. The Bertz CT molecular complexity index is 632. The molecule has 1 fully saturated rings. The largest absolute Gasteiger partial charge is 0.491 e. The number of rotatable bonds is 3. The number of ether oxygens (including phenoxy) is 1. The lowest BCUT2D eigenvalue weighted by Crippen LogP contribution is -2.47. The van der Waals surface area contributed by atoms with Crippen LogP contribution in [0.3, 0.4) is 0 Å². The number of anilines is 1. The third kappa shape index (κ3) is 3.63. The fourth-order valence-electron chi connectivity index (χ4n) is 3.42. The molecule has 1 atom stereocenters. The molecule has 0 radical (unpaired) electrons. The summed E-state index contributed by atoms with van der Waals surface area (Å²) in [7, 11) is 0. The number of carbonyl (C=O) groups excluding carboxylic acids is 2. The topological polar surface area (TPSA) is 75.9 Å². The van der Waals surface area contributed by atoms with Crippen molar-refractivity contribution in [2.75, 3.05) is 37.7 Å². The van der Waals surface area contributed by atoms with Gasteiger partial charge in [0.25, 0.3) is 0 Å². The molecule has 0 bridgehead atoms. The van der Waals surface area contributed by atoms with Gasteiger partial charge in [0, 0.05) is 19.6 Å². The first-order chi connectivity index (χ1) is 11.5. The Balaban J connectivity index is 1.72. The molecule has 0 spiro atoms. The van der Waals surface area contributed by atoms with E-state index in [4.69, 9.17) is 10.5 Å². The predicted octanol–water partition coefficient (Wildman–Crippen LogP) is 1.31. The molecule has 1 aromatic rings. The van der Waals surface area contributed by atoms with Gasteiger partial charge in [0.05, 0.1) is 24.8 Å². The van der Waals surface area contributed by atoms with Crippen LogP contribution in [0.15, 0.2) is 18.2 Å². The summed E-state index contributed by atoms with van der Waals surface area (Å²) in [4.78, 5) is 28.0. The van der Waals surface area contributed by atoms with Crippen molar-refractivity contribution in [2.24, 2.45) is 11.7 Å². The monoisotopic (exact) mass is 331 g/mol. The van der Waals surface area contributed by atoms with Crippen molar-refractivity contribution < 1.29 is 14.3 Å². The van der Waals surface area contributed by atoms with Crippen LogP contribution < -0.4 is 15.4 Å². The van der Waals surface area contributed by atoms with E-state index in [0.717, 1.165) is 42.8 Å². The number of fused-ring (bicyclic) bond motifs is 1. The van der Waals surface area contributed by atoms with E-state index in [0.29, 0.717) is 26.2 Å². The molecule has 3 rings (SSSR count). The average molecular weight is 331 g/mol. The SMILES string of the molecule is Cc1ccc2c(c1)N(CC(=O)N1CCCC(C(N)=O)C1)CCCO2. The van der Waals surface area contributed by atoms with E-state index in [1.807, 2.05) is 19.1 Å². The summed E-state index contributed by atoms with van der Waals surface area (Å²) < 4.78 is 5.78. The van der Waals surface area contributed by atoms with E-state index in [1.54, 1.807) is 4.90 Å². The molecule has 2 heterocycles. The Hall–Kier alpha value is -2.24. The number of benzene rings is 1. The van der Waals surface area contributed by atoms with E-state index in [1.165, 1.54) is 0 Å². The van der Waals surface area contributed by atoms with E-state index >= 15 is 0 Å². The van der Waals surface area contributed by atoms with Crippen LogP contribution >= 0.6 is 0 Å². The van der Waals surface area contributed by atoms with Crippen LogP contribution in [0.2, 0.25) is 0 Å². The van der Waals surface area contributed by atoms with Crippen molar-refractivity contribution in [1.82, 2.24) is 4.90 Å². The normalized spacial score (nSPS) is 20.8. The van der Waals surface area contributed by atoms with Gasteiger partial charge in [0.1, 0.15) is 5.75 Å². The molecule has 6 heteroatoms. The highest BCUT2D eigenvalue weighted by Crippen LogP contribution is 2.32. The van der Waals surface area contributed by atoms with Crippen LogP contribution in [0, 0.1) is 12.8 Å². The molecule has 1 saturated heterocycles. The maximum atomic E-state index is 12.7. The molecule has 2 amide bonds. The molecule has 2 aliphatic rings. The summed E-state index contributed by atoms with van der Waals surface area (Å²) in [6.45, 7) is 4.94. The van der Waals surface area contributed by atoms with Crippen molar-refractivity contribution in [3.05, 3.63) is 23.8 Å². The van der Waals surface area contributed by atoms with Gasteiger partial charge in [-0.2, -0.15) is 0 Å². The number of likely N-dealkylation sites (tertiary alicyclic amines) is 1. The second kappa shape index (κ2) is 7.11. The van der Waals surface area contributed by atoms with Gasteiger partial charge in [0.2, 0.25) is 11.8 Å². The maximum absolute atomic E-state index is 12.7. The molecule has 24 heavy (non-hydrogen) atoms. The molecule has 1 unspecified atom stereocenters. The lowest BCUT2D eigenvalue weighted by Gasteiger charge is -2.33.